The first-order chi connectivity index (χ1) is 7.94. The Labute approximate surface area is 122 Å². The third-order valence-corrected chi connectivity index (χ3v) is 19.1. The van der Waals surface area contributed by atoms with Crippen LogP contribution in [0.15, 0.2) is 0 Å². The summed E-state index contributed by atoms with van der Waals surface area (Å²) in [7, 11) is 0. The molecule has 2 rings (SSSR count). The van der Waals surface area contributed by atoms with Gasteiger partial charge in [-0.2, -0.15) is 0 Å². The summed E-state index contributed by atoms with van der Waals surface area (Å²) in [4.78, 5) is 0. The van der Waals surface area contributed by atoms with Crippen LogP contribution in [0.4, 0.5) is 0 Å². The number of fused-ring (bicyclic) bond motifs is 1. The SMILES string of the molecule is CC1(C)[C@@H]([Hg][Br])CC[C@]2(C)O[C@H](C#N)CC[C@@H]12. The predicted octanol–water partition coefficient (Wildman–Crippen LogP) is 4.06. The van der Waals surface area contributed by atoms with E-state index in [4.69, 9.17) is 10.00 Å². The van der Waals surface area contributed by atoms with Crippen molar-refractivity contribution >= 4 is 11.9 Å². The molecule has 2 fully saturated rings. The Morgan fingerprint density at radius 3 is 2.59 bits per heavy atom. The molecule has 2 aliphatic rings. The van der Waals surface area contributed by atoms with E-state index in [1.807, 2.05) is 0 Å². The van der Waals surface area contributed by atoms with Crippen LogP contribution in [0.1, 0.15) is 46.5 Å². The quantitative estimate of drug-likeness (QED) is 0.524. The number of nitrogens with zero attached hydrogens (tertiary/aromatic N) is 1. The molecule has 2 nitrogen and oxygen atoms in total. The van der Waals surface area contributed by atoms with Crippen LogP contribution >= 0.6 is 11.9 Å². The third kappa shape index (κ3) is 2.47. The number of hydrogen-bond acceptors (Lipinski definition) is 2. The molecule has 1 heterocycles. The molecule has 0 aromatic rings. The summed E-state index contributed by atoms with van der Waals surface area (Å²) in [6.45, 7) is 7.10. The minimum atomic E-state index is -0.864. The van der Waals surface area contributed by atoms with E-state index in [-0.39, 0.29) is 11.7 Å². The van der Waals surface area contributed by atoms with Crippen LogP contribution in [0.3, 0.4) is 0 Å². The summed E-state index contributed by atoms with van der Waals surface area (Å²) in [5.74, 6) is 0.635. The average molecular weight is 487 g/mol. The van der Waals surface area contributed by atoms with Crippen molar-refractivity contribution in [3.8, 4) is 6.07 Å². The van der Waals surface area contributed by atoms with Gasteiger partial charge in [-0.15, -0.1) is 0 Å². The van der Waals surface area contributed by atoms with Crippen molar-refractivity contribution in [1.82, 2.24) is 0 Å². The Morgan fingerprint density at radius 2 is 2.00 bits per heavy atom. The fraction of sp³-hybridized carbons (Fsp3) is 0.923. The standard InChI is InChI=1S/C13H20NO.BrH.Hg/c1-12(2)7-4-8-13(3)11(12)6-5-10(9-14)15-13;;/h7,10-11H,4-6,8H2,1-3H3;1H;/q;;+1/p-1/t10-,11-,13-;;/m0../s1. The molecular formula is C13H20BrHgNO. The van der Waals surface area contributed by atoms with Gasteiger partial charge >= 0.3 is 123 Å². The predicted molar refractivity (Wildman–Crippen MR) is 67.3 cm³/mol. The Morgan fingerprint density at radius 1 is 1.29 bits per heavy atom. The first-order valence-corrected chi connectivity index (χ1v) is 21.7. The van der Waals surface area contributed by atoms with E-state index in [0.717, 1.165) is 16.3 Å². The maximum absolute atomic E-state index is 9.05. The number of nitriles is 1. The Bertz CT molecular complexity index is 341. The van der Waals surface area contributed by atoms with Crippen molar-refractivity contribution in [2.45, 2.75) is 61.6 Å². The number of ether oxygens (including phenoxy) is 1. The van der Waals surface area contributed by atoms with Gasteiger partial charge in [0.15, 0.2) is 0 Å². The topological polar surface area (TPSA) is 33.0 Å². The number of halogens is 1. The maximum atomic E-state index is 9.05. The van der Waals surface area contributed by atoms with E-state index in [0.29, 0.717) is 11.3 Å². The van der Waals surface area contributed by atoms with Crippen molar-refractivity contribution in [2.24, 2.45) is 11.3 Å². The molecule has 0 bridgehead atoms. The average Bonchev–Trinajstić information content (AvgIpc) is 2.27. The molecule has 0 aromatic heterocycles. The van der Waals surface area contributed by atoms with E-state index >= 15 is 0 Å². The van der Waals surface area contributed by atoms with E-state index < -0.39 is 22.1 Å². The first kappa shape index (κ1) is 14.3. The van der Waals surface area contributed by atoms with Crippen LogP contribution in [0.5, 0.6) is 0 Å². The van der Waals surface area contributed by atoms with Crippen LogP contribution in [0.2, 0.25) is 3.43 Å². The van der Waals surface area contributed by atoms with Crippen LogP contribution in [0.25, 0.3) is 0 Å². The summed E-state index contributed by atoms with van der Waals surface area (Å²) in [6, 6.07) is 2.30. The van der Waals surface area contributed by atoms with Gasteiger partial charge in [0, 0.05) is 0 Å². The minimum absolute atomic E-state index is 0.0470. The van der Waals surface area contributed by atoms with Crippen LogP contribution < -0.4 is 0 Å². The molecule has 0 spiro atoms. The van der Waals surface area contributed by atoms with Gasteiger partial charge < -0.3 is 0 Å². The van der Waals surface area contributed by atoms with Crippen molar-refractivity contribution in [3.05, 3.63) is 0 Å². The summed E-state index contributed by atoms with van der Waals surface area (Å²) in [6.07, 6.45) is 4.36. The number of rotatable bonds is 1. The molecular weight excluding hydrogens is 467 g/mol. The normalized spacial score (nSPS) is 44.3. The van der Waals surface area contributed by atoms with Crippen LogP contribution in [-0.2, 0) is 26.9 Å². The summed E-state index contributed by atoms with van der Waals surface area (Å²) in [5, 5.41) is 9.05. The molecule has 4 atom stereocenters. The third-order valence-electron chi connectivity index (χ3n) is 5.14. The summed E-state index contributed by atoms with van der Waals surface area (Å²) < 4.78 is 7.05. The molecule has 4 heteroatoms. The molecule has 0 aromatic carbocycles. The van der Waals surface area contributed by atoms with Crippen molar-refractivity contribution in [3.63, 3.8) is 0 Å². The van der Waals surface area contributed by atoms with Gasteiger partial charge in [0.1, 0.15) is 0 Å². The molecule has 1 saturated carbocycles. The van der Waals surface area contributed by atoms with Gasteiger partial charge in [-0.1, -0.05) is 0 Å². The van der Waals surface area contributed by atoms with Crippen molar-refractivity contribution in [1.29, 1.82) is 5.26 Å². The van der Waals surface area contributed by atoms with Gasteiger partial charge in [-0.05, 0) is 0 Å². The second kappa shape index (κ2) is 5.09. The molecule has 1 aliphatic carbocycles. The van der Waals surface area contributed by atoms with E-state index in [9.17, 15) is 0 Å². The van der Waals surface area contributed by atoms with Crippen molar-refractivity contribution in [2.75, 3.05) is 0 Å². The fourth-order valence-electron chi connectivity index (χ4n) is 3.97. The van der Waals surface area contributed by atoms with Crippen LogP contribution in [0, 0.1) is 22.7 Å². The van der Waals surface area contributed by atoms with Gasteiger partial charge in [0.25, 0.3) is 0 Å². The van der Waals surface area contributed by atoms with Crippen molar-refractivity contribution < 1.29 is 26.9 Å². The molecule has 1 saturated heterocycles. The van der Waals surface area contributed by atoms with Crippen LogP contribution in [-0.4, -0.2) is 11.7 Å². The van der Waals surface area contributed by atoms with E-state index in [1.54, 1.807) is 0 Å². The number of hydrogen-bond donors (Lipinski definition) is 0. The zero-order valence-electron chi connectivity index (χ0n) is 11.0. The van der Waals surface area contributed by atoms with E-state index in [1.165, 1.54) is 12.8 Å². The molecule has 92 valence electrons. The summed E-state index contributed by atoms with van der Waals surface area (Å²) >= 11 is 3.01. The second-order valence-electron chi connectivity index (χ2n) is 6.39. The molecule has 0 amide bonds. The van der Waals surface area contributed by atoms with Gasteiger partial charge in [0.05, 0.1) is 0 Å². The Hall–Kier alpha value is 0.865. The Kier molecular flexibility index (Phi) is 4.28. The molecule has 17 heavy (non-hydrogen) atoms. The zero-order chi connectivity index (χ0) is 12.7. The molecule has 1 aliphatic heterocycles. The summed E-state index contributed by atoms with van der Waals surface area (Å²) in [5.41, 5.74) is 0.354. The monoisotopic (exact) mass is 487 g/mol. The van der Waals surface area contributed by atoms with Gasteiger partial charge in [-0.25, -0.2) is 0 Å². The zero-order valence-corrected chi connectivity index (χ0v) is 18.1. The van der Waals surface area contributed by atoms with Gasteiger partial charge in [-0.3, -0.25) is 0 Å². The first-order valence-electron chi connectivity index (χ1n) is 6.57. The molecule has 0 radical (unpaired) electrons. The second-order valence-corrected chi connectivity index (χ2v) is 17.1. The van der Waals surface area contributed by atoms with E-state index in [2.05, 4.69) is 38.7 Å². The molecule has 0 N–H and O–H groups in total. The Balaban J connectivity index is 2.23. The molecule has 0 unspecified atom stereocenters. The van der Waals surface area contributed by atoms with Gasteiger partial charge in [0.2, 0.25) is 0 Å². The fourth-order valence-corrected chi connectivity index (χ4v) is 18.2.